The van der Waals surface area contributed by atoms with Crippen molar-refractivity contribution >= 4 is 34.8 Å². The molecule has 0 spiro atoms. The number of nitrogens with one attached hydrogen (secondary N) is 1. The summed E-state index contributed by atoms with van der Waals surface area (Å²) >= 11 is 7.02. The molecule has 1 aliphatic rings. The van der Waals surface area contributed by atoms with E-state index in [-0.39, 0.29) is 6.61 Å². The third kappa shape index (κ3) is 3.52. The average Bonchev–Trinajstić information content (AvgIpc) is 3.22. The van der Waals surface area contributed by atoms with Crippen molar-refractivity contribution < 1.29 is 19.4 Å². The highest BCUT2D eigenvalue weighted by atomic mass is 35.5. The topological polar surface area (TPSA) is 88.5 Å². The summed E-state index contributed by atoms with van der Waals surface area (Å²) in [5.41, 5.74) is -0.540. The van der Waals surface area contributed by atoms with E-state index in [4.69, 9.17) is 21.4 Å². The highest BCUT2D eigenvalue weighted by Gasteiger charge is 2.52. The molecule has 3 rings (SSSR count). The molecule has 0 radical (unpaired) electrons. The van der Waals surface area contributed by atoms with Gasteiger partial charge in [0.25, 0.3) is 5.91 Å². The van der Waals surface area contributed by atoms with Crippen molar-refractivity contribution in [1.29, 1.82) is 0 Å². The Balaban J connectivity index is 1.65. The van der Waals surface area contributed by atoms with Crippen molar-refractivity contribution in [1.82, 2.24) is 10.3 Å². The van der Waals surface area contributed by atoms with Gasteiger partial charge in [-0.15, -0.1) is 11.3 Å². The molecule has 1 aliphatic carbocycles. The number of aliphatic carboxylic acids is 1. The lowest BCUT2D eigenvalue weighted by atomic mass is 10.2. The molecule has 0 saturated heterocycles. The number of aryl methyl sites for hydroxylation is 1. The summed E-state index contributed by atoms with van der Waals surface area (Å²) < 4.78 is 5.61. The van der Waals surface area contributed by atoms with E-state index in [9.17, 15) is 9.59 Å². The van der Waals surface area contributed by atoms with Crippen molar-refractivity contribution in [2.75, 3.05) is 0 Å². The van der Waals surface area contributed by atoms with E-state index in [0.717, 1.165) is 0 Å². The number of carbonyl (C=O) groups is 2. The van der Waals surface area contributed by atoms with Crippen molar-refractivity contribution in [3.8, 4) is 5.75 Å². The van der Waals surface area contributed by atoms with Gasteiger partial charge in [0, 0.05) is 5.02 Å². The Morgan fingerprint density at radius 3 is 2.62 bits per heavy atom. The van der Waals surface area contributed by atoms with Crippen LogP contribution in [0.1, 0.15) is 33.2 Å². The van der Waals surface area contributed by atoms with Crippen LogP contribution in [-0.2, 0) is 11.4 Å². The van der Waals surface area contributed by atoms with E-state index in [2.05, 4.69) is 10.3 Å². The predicted octanol–water partition coefficient (Wildman–Crippen LogP) is 3.03. The minimum atomic E-state index is -1.10. The minimum Gasteiger partial charge on any atom is -0.486 e. The van der Waals surface area contributed by atoms with Crippen LogP contribution in [0.2, 0.25) is 5.02 Å². The van der Waals surface area contributed by atoms with E-state index in [1.54, 1.807) is 31.2 Å². The summed E-state index contributed by atoms with van der Waals surface area (Å²) in [5, 5.41) is 13.0. The van der Waals surface area contributed by atoms with E-state index in [1.807, 2.05) is 0 Å². The van der Waals surface area contributed by atoms with Crippen molar-refractivity contribution in [2.45, 2.75) is 31.9 Å². The standard InChI is InChI=1S/C16H15ClN2O4S/c1-9-13(14(20)19-16(6-7-16)15(21)22)24-12(18-9)8-23-11-4-2-10(17)3-5-11/h2-5H,6-8H2,1H3,(H,19,20)(H,21,22). The number of hydrogen-bond donors (Lipinski definition) is 2. The van der Waals surface area contributed by atoms with Crippen LogP contribution in [0.3, 0.4) is 0 Å². The Morgan fingerprint density at radius 2 is 2.04 bits per heavy atom. The van der Waals surface area contributed by atoms with Gasteiger partial charge in [-0.2, -0.15) is 0 Å². The summed E-state index contributed by atoms with van der Waals surface area (Å²) in [5.74, 6) is -0.743. The first kappa shape index (κ1) is 16.7. The number of hydrogen-bond acceptors (Lipinski definition) is 5. The second kappa shape index (κ2) is 6.41. The average molecular weight is 367 g/mol. The number of halogens is 1. The number of aromatic nitrogens is 1. The number of ether oxygens (including phenoxy) is 1. The first-order chi connectivity index (χ1) is 11.4. The van der Waals surface area contributed by atoms with Crippen LogP contribution in [-0.4, -0.2) is 27.5 Å². The normalized spacial score (nSPS) is 14.9. The molecule has 0 atom stereocenters. The van der Waals surface area contributed by atoms with E-state index in [0.29, 0.717) is 39.2 Å². The second-order valence-electron chi connectivity index (χ2n) is 5.61. The monoisotopic (exact) mass is 366 g/mol. The van der Waals surface area contributed by atoms with Gasteiger partial charge in [0.2, 0.25) is 0 Å². The number of benzene rings is 1. The van der Waals surface area contributed by atoms with Crippen molar-refractivity contribution in [3.63, 3.8) is 0 Å². The molecule has 1 heterocycles. The number of rotatable bonds is 6. The molecule has 8 heteroatoms. The Hall–Kier alpha value is -2.12. The van der Waals surface area contributed by atoms with Gasteiger partial charge in [0.15, 0.2) is 0 Å². The summed E-state index contributed by atoms with van der Waals surface area (Å²) in [7, 11) is 0. The maximum Gasteiger partial charge on any atom is 0.329 e. The second-order valence-corrected chi connectivity index (χ2v) is 7.13. The zero-order chi connectivity index (χ0) is 17.3. The lowest BCUT2D eigenvalue weighted by Crippen LogP contribution is -2.42. The Bertz CT molecular complexity index is 784. The Morgan fingerprint density at radius 1 is 1.38 bits per heavy atom. The molecular weight excluding hydrogens is 352 g/mol. The van der Waals surface area contributed by atoms with Gasteiger partial charge in [-0.25, -0.2) is 9.78 Å². The first-order valence-electron chi connectivity index (χ1n) is 7.30. The van der Waals surface area contributed by atoms with Crippen molar-refractivity contribution in [2.24, 2.45) is 0 Å². The number of carboxylic acids is 1. The highest BCUT2D eigenvalue weighted by molar-refractivity contribution is 7.13. The van der Waals surface area contributed by atoms with Gasteiger partial charge in [-0.05, 0) is 44.0 Å². The van der Waals surface area contributed by atoms with Gasteiger partial charge >= 0.3 is 5.97 Å². The Kier molecular flexibility index (Phi) is 4.47. The maximum absolute atomic E-state index is 12.3. The van der Waals surface area contributed by atoms with Crippen LogP contribution in [0, 0.1) is 6.92 Å². The van der Waals surface area contributed by atoms with E-state index in [1.165, 1.54) is 11.3 Å². The molecule has 0 unspecified atom stereocenters. The lowest BCUT2D eigenvalue weighted by molar-refractivity contribution is -0.140. The summed E-state index contributed by atoms with van der Waals surface area (Å²) in [6.45, 7) is 1.95. The van der Waals surface area contributed by atoms with Gasteiger partial charge in [0.1, 0.15) is 27.8 Å². The molecule has 1 fully saturated rings. The van der Waals surface area contributed by atoms with Crippen LogP contribution in [0.4, 0.5) is 0 Å². The van der Waals surface area contributed by atoms with Gasteiger partial charge in [0.05, 0.1) is 5.69 Å². The number of thiazole rings is 1. The van der Waals surface area contributed by atoms with Crippen LogP contribution >= 0.6 is 22.9 Å². The highest BCUT2D eigenvalue weighted by Crippen LogP contribution is 2.36. The quantitative estimate of drug-likeness (QED) is 0.820. The number of amides is 1. The number of carbonyl (C=O) groups excluding carboxylic acids is 1. The molecule has 6 nitrogen and oxygen atoms in total. The van der Waals surface area contributed by atoms with Gasteiger partial charge < -0.3 is 15.2 Å². The molecule has 2 aromatic rings. The minimum absolute atomic E-state index is 0.227. The fourth-order valence-corrected chi connectivity index (χ4v) is 3.19. The van der Waals surface area contributed by atoms with Crippen LogP contribution < -0.4 is 10.1 Å². The molecule has 1 saturated carbocycles. The molecule has 1 aromatic carbocycles. The fraction of sp³-hybridized carbons (Fsp3) is 0.312. The first-order valence-corrected chi connectivity index (χ1v) is 8.50. The van der Waals surface area contributed by atoms with Gasteiger partial charge in [-0.1, -0.05) is 11.6 Å². The fourth-order valence-electron chi connectivity index (χ4n) is 2.19. The van der Waals surface area contributed by atoms with Crippen LogP contribution in [0.25, 0.3) is 0 Å². The third-order valence-electron chi connectivity index (χ3n) is 3.74. The molecule has 126 valence electrons. The summed E-state index contributed by atoms with van der Waals surface area (Å²) in [6, 6.07) is 6.95. The number of nitrogens with zero attached hydrogens (tertiary/aromatic N) is 1. The summed E-state index contributed by atoms with van der Waals surface area (Å²) in [4.78, 5) is 28.2. The molecule has 2 N–H and O–H groups in total. The summed E-state index contributed by atoms with van der Waals surface area (Å²) in [6.07, 6.45) is 0.914. The molecule has 1 aromatic heterocycles. The molecule has 0 aliphatic heterocycles. The largest absolute Gasteiger partial charge is 0.486 e. The predicted molar refractivity (Wildman–Crippen MR) is 89.7 cm³/mol. The molecular formula is C16H15ClN2O4S. The zero-order valence-electron chi connectivity index (χ0n) is 12.8. The van der Waals surface area contributed by atoms with Crippen LogP contribution in [0.15, 0.2) is 24.3 Å². The maximum atomic E-state index is 12.3. The smallest absolute Gasteiger partial charge is 0.329 e. The van der Waals surface area contributed by atoms with Gasteiger partial charge in [-0.3, -0.25) is 4.79 Å². The molecule has 0 bridgehead atoms. The SMILES string of the molecule is Cc1nc(COc2ccc(Cl)cc2)sc1C(=O)NC1(C(=O)O)CC1. The third-order valence-corrected chi connectivity index (χ3v) is 5.12. The van der Waals surface area contributed by atoms with E-state index < -0.39 is 17.4 Å². The van der Waals surface area contributed by atoms with E-state index >= 15 is 0 Å². The number of carboxylic acid groups (broad SMARTS) is 1. The van der Waals surface area contributed by atoms with Crippen LogP contribution in [0.5, 0.6) is 5.75 Å². The molecule has 1 amide bonds. The lowest BCUT2D eigenvalue weighted by Gasteiger charge is -2.11. The zero-order valence-corrected chi connectivity index (χ0v) is 14.4. The Labute approximate surface area is 147 Å². The van der Waals surface area contributed by atoms with Crippen molar-refractivity contribution in [3.05, 3.63) is 44.9 Å². The molecule has 24 heavy (non-hydrogen) atoms.